The largest absolute Gasteiger partial charge is 0.369 e. The quantitative estimate of drug-likeness (QED) is 0.170. The number of tetrazole rings is 3. The van der Waals surface area contributed by atoms with E-state index in [4.69, 9.17) is 23.1 Å². The van der Waals surface area contributed by atoms with Crippen molar-refractivity contribution in [1.29, 1.82) is 0 Å². The zero-order valence-electron chi connectivity index (χ0n) is 16.1. The van der Waals surface area contributed by atoms with Gasteiger partial charge >= 0.3 is 0 Å². The monoisotopic (exact) mass is 497 g/mol. The number of hydrogen-bond acceptors (Lipinski definition) is 13. The Balaban J connectivity index is 0. The van der Waals surface area contributed by atoms with Crippen LogP contribution in [-0.4, -0.2) is 84.1 Å². The highest BCUT2D eigenvalue weighted by atomic mass is 35.5. The van der Waals surface area contributed by atoms with E-state index in [1.165, 1.54) is 21.1 Å². The number of alkyl halides is 1. The number of halogens is 1. The number of carbonyl (C=O) groups is 2. The fraction of sp³-hybridized carbons (Fsp3) is 0.545. The molecule has 0 radical (unpaired) electrons. The summed E-state index contributed by atoms with van der Waals surface area (Å²) in [6, 6.07) is 0. The molecule has 0 fully saturated rings. The predicted molar refractivity (Wildman–Crippen MR) is 115 cm³/mol. The Morgan fingerprint density at radius 3 is 1.84 bits per heavy atom. The minimum Gasteiger partial charge on any atom is -0.369 e. The number of carbonyl (C=O) groups excluding carboxylic acids is 2. The Morgan fingerprint density at radius 2 is 1.61 bits per heavy atom. The van der Waals surface area contributed by atoms with Gasteiger partial charge in [-0.3, -0.25) is 9.59 Å². The van der Waals surface area contributed by atoms with E-state index in [0.29, 0.717) is 15.9 Å². The minimum atomic E-state index is -0.480. The number of aromatic nitrogens is 12. The third-order valence-corrected chi connectivity index (χ3v) is 3.98. The number of primary amides is 2. The van der Waals surface area contributed by atoms with Crippen molar-refractivity contribution in [2.45, 2.75) is 12.6 Å². The zero-order chi connectivity index (χ0) is 23.1. The summed E-state index contributed by atoms with van der Waals surface area (Å²) in [4.78, 5) is 19.8. The van der Waals surface area contributed by atoms with E-state index >= 15 is 0 Å². The van der Waals surface area contributed by atoms with Gasteiger partial charge in [0.25, 0.3) is 0 Å². The lowest BCUT2D eigenvalue weighted by Crippen LogP contribution is -2.13. The van der Waals surface area contributed by atoms with Crippen LogP contribution in [0.25, 0.3) is 0 Å². The topological polar surface area (TPSA) is 246 Å². The first-order valence-electron chi connectivity index (χ1n) is 7.48. The second-order valence-corrected chi connectivity index (χ2v) is 6.32. The summed E-state index contributed by atoms with van der Waals surface area (Å²) in [5.41, 5.74) is 14.6. The fourth-order valence-electron chi connectivity index (χ4n) is 0.958. The van der Waals surface area contributed by atoms with E-state index in [-0.39, 0.29) is 25.0 Å². The number of hydrogen-bond donors (Lipinski definition) is 4. The second-order valence-electron chi connectivity index (χ2n) is 4.74. The molecular weight excluding hydrogens is 474 g/mol. The van der Waals surface area contributed by atoms with E-state index in [1.807, 2.05) is 0 Å². The Hall–Kier alpha value is -3.19. The lowest BCUT2D eigenvalue weighted by molar-refractivity contribution is -0.116. The number of nitrogen functional groups attached to an aromatic ring is 1. The smallest absolute Gasteiger partial charge is 0.240 e. The van der Waals surface area contributed by atoms with Crippen LogP contribution in [0, 0.1) is 4.77 Å². The summed E-state index contributed by atoms with van der Waals surface area (Å²) in [5, 5.41) is 30.7. The molecule has 3 aromatic heterocycles. The molecule has 0 saturated carbocycles. The summed E-state index contributed by atoms with van der Waals surface area (Å²) in [6.45, 7) is 0. The van der Waals surface area contributed by atoms with Crippen molar-refractivity contribution in [1.82, 2.24) is 60.6 Å². The highest BCUT2D eigenvalue weighted by Gasteiger charge is 2.03. The van der Waals surface area contributed by atoms with Gasteiger partial charge < -0.3 is 17.2 Å². The molecule has 0 aliphatic heterocycles. The molecule has 17 nitrogen and oxygen atoms in total. The van der Waals surface area contributed by atoms with E-state index in [1.54, 1.807) is 25.8 Å². The number of rotatable bonds is 4. The zero-order valence-corrected chi connectivity index (χ0v) is 18.5. The summed E-state index contributed by atoms with van der Waals surface area (Å²) in [5.74, 6) is -0.404. The van der Waals surface area contributed by atoms with Crippen molar-refractivity contribution >= 4 is 53.3 Å². The van der Waals surface area contributed by atoms with Crippen molar-refractivity contribution in [3.63, 3.8) is 0 Å². The van der Waals surface area contributed by atoms with Gasteiger partial charge in [0.1, 0.15) is 5.88 Å². The molecule has 0 aromatic carbocycles. The lowest BCUT2D eigenvalue weighted by Gasteiger charge is -1.93. The van der Waals surface area contributed by atoms with Gasteiger partial charge in [-0.1, -0.05) is 34.6 Å². The van der Waals surface area contributed by atoms with Gasteiger partial charge in [-0.05, 0) is 33.1 Å². The molecule has 3 heterocycles. The Labute approximate surface area is 191 Å². The van der Waals surface area contributed by atoms with Crippen LogP contribution in [0.1, 0.15) is 7.43 Å². The van der Waals surface area contributed by atoms with Gasteiger partial charge in [0.2, 0.25) is 27.7 Å². The highest BCUT2D eigenvalue weighted by Crippen LogP contribution is 2.10. The number of thioether (sulfide) groups is 1. The van der Waals surface area contributed by atoms with Crippen molar-refractivity contribution in [2.24, 2.45) is 32.6 Å². The normalized spacial score (nSPS) is 8.90. The third kappa shape index (κ3) is 14.4. The molecular formula is C11H24ClN15O2S2. The number of aromatic amines is 1. The molecule has 0 atom stereocenters. The van der Waals surface area contributed by atoms with Gasteiger partial charge in [-0.15, -0.1) is 16.7 Å². The summed E-state index contributed by atoms with van der Waals surface area (Å²) >= 11 is 10.7. The number of H-pyrrole nitrogens is 1. The molecule has 0 aliphatic rings. The van der Waals surface area contributed by atoms with E-state index in [2.05, 4.69) is 64.5 Å². The SMILES string of the molecule is C.Cn1[nH]nnc1=S.Cn1nnnc1N.Cn1nnnc1SCC(N)=O.NC(=O)CCl. The predicted octanol–water partition coefficient (Wildman–Crippen LogP) is -2.20. The summed E-state index contributed by atoms with van der Waals surface area (Å²) in [7, 11) is 5.13. The average molecular weight is 498 g/mol. The fourth-order valence-corrected chi connectivity index (χ4v) is 1.63. The van der Waals surface area contributed by atoms with Gasteiger partial charge in [0.15, 0.2) is 0 Å². The van der Waals surface area contributed by atoms with Crippen LogP contribution in [0.15, 0.2) is 5.16 Å². The van der Waals surface area contributed by atoms with Crippen molar-refractivity contribution in [3.05, 3.63) is 4.77 Å². The minimum absolute atomic E-state index is 0. The van der Waals surface area contributed by atoms with Gasteiger partial charge in [-0.2, -0.15) is 5.21 Å². The summed E-state index contributed by atoms with van der Waals surface area (Å²) < 4.78 is 4.89. The van der Waals surface area contributed by atoms with Gasteiger partial charge in [0, 0.05) is 21.1 Å². The number of nitrogens with two attached hydrogens (primary N) is 3. The number of amides is 2. The molecule has 0 spiro atoms. The van der Waals surface area contributed by atoms with Crippen molar-refractivity contribution in [3.8, 4) is 0 Å². The molecule has 3 rings (SSSR count). The molecule has 0 bridgehead atoms. The molecule has 174 valence electrons. The lowest BCUT2D eigenvalue weighted by atomic mass is 10.8. The van der Waals surface area contributed by atoms with Crippen LogP contribution < -0.4 is 17.2 Å². The molecule has 31 heavy (non-hydrogen) atoms. The van der Waals surface area contributed by atoms with Crippen molar-refractivity contribution in [2.75, 3.05) is 17.4 Å². The van der Waals surface area contributed by atoms with Crippen LogP contribution in [0.3, 0.4) is 0 Å². The number of anilines is 1. The standard InChI is InChI=1S/C4H7N5OS.C2H4ClNO.C2H5N5.C2H4N4S.CH4/c1-9-4(6-7-8-9)11-2-3(5)10;3-1-2(4)5;1-7-2(3)4-5-6-7;1-6-2(7)3-4-5-6;/h2H2,1H3,(H2,5,10);1H2,(H2,4,5);1H3,(H2,3,4,6);1H3,(H,3,5,7);1H4. The van der Waals surface area contributed by atoms with Crippen molar-refractivity contribution < 1.29 is 9.59 Å². The van der Waals surface area contributed by atoms with Crippen LogP contribution in [0.5, 0.6) is 0 Å². The van der Waals surface area contributed by atoms with Crippen LogP contribution in [0.4, 0.5) is 5.95 Å². The maximum Gasteiger partial charge on any atom is 0.240 e. The van der Waals surface area contributed by atoms with E-state index in [9.17, 15) is 9.59 Å². The number of nitrogens with one attached hydrogen (secondary N) is 1. The number of nitrogens with zero attached hydrogens (tertiary/aromatic N) is 11. The van der Waals surface area contributed by atoms with Crippen LogP contribution >= 0.6 is 35.6 Å². The molecule has 0 unspecified atom stereocenters. The first-order valence-corrected chi connectivity index (χ1v) is 9.40. The maximum atomic E-state index is 10.3. The van der Waals surface area contributed by atoms with E-state index < -0.39 is 5.91 Å². The first-order chi connectivity index (χ1) is 14.1. The summed E-state index contributed by atoms with van der Waals surface area (Å²) in [6.07, 6.45) is 0. The number of aryl methyl sites for hydroxylation is 3. The van der Waals surface area contributed by atoms with Gasteiger partial charge in [-0.25, -0.2) is 14.0 Å². The molecule has 2 amide bonds. The highest BCUT2D eigenvalue weighted by molar-refractivity contribution is 7.99. The molecule has 0 saturated heterocycles. The van der Waals surface area contributed by atoms with Crippen LogP contribution in [-0.2, 0) is 30.7 Å². The average Bonchev–Trinajstić information content (AvgIpc) is 3.39. The molecule has 3 aromatic rings. The Kier molecular flexibility index (Phi) is 16.1. The molecule has 20 heteroatoms. The molecule has 0 aliphatic carbocycles. The Bertz CT molecular complexity index is 934. The van der Waals surface area contributed by atoms with E-state index in [0.717, 1.165) is 0 Å². The molecule has 7 N–H and O–H groups in total. The second kappa shape index (κ2) is 16.6. The third-order valence-electron chi connectivity index (χ3n) is 2.33. The first kappa shape index (κ1) is 30.0. The Morgan fingerprint density at radius 1 is 1.06 bits per heavy atom. The van der Waals surface area contributed by atoms with Crippen LogP contribution in [0.2, 0.25) is 0 Å². The maximum absolute atomic E-state index is 10.3. The van der Waals surface area contributed by atoms with Gasteiger partial charge in [0.05, 0.1) is 5.75 Å².